The smallest absolute Gasteiger partial charge is 0.271 e. The molecule has 0 radical (unpaired) electrons. The van der Waals surface area contributed by atoms with Gasteiger partial charge in [0.1, 0.15) is 11.4 Å². The lowest BCUT2D eigenvalue weighted by Crippen LogP contribution is -2.59. The third-order valence-electron chi connectivity index (χ3n) is 4.30. The number of benzene rings is 1. The van der Waals surface area contributed by atoms with Crippen molar-refractivity contribution in [1.29, 1.82) is 0 Å². The molecule has 114 valence electrons. The Morgan fingerprint density at radius 1 is 1.38 bits per heavy atom. The van der Waals surface area contributed by atoms with Gasteiger partial charge in [0.05, 0.1) is 11.7 Å². The van der Waals surface area contributed by atoms with E-state index >= 15 is 0 Å². The Balaban J connectivity index is 2.66. The van der Waals surface area contributed by atoms with Crippen LogP contribution in [0.4, 0.5) is 11.4 Å². The fourth-order valence-electron chi connectivity index (χ4n) is 2.70. The van der Waals surface area contributed by atoms with Gasteiger partial charge in [0.25, 0.3) is 5.91 Å². The molecule has 0 spiro atoms. The molecule has 1 aromatic carbocycles. The fourth-order valence-corrected chi connectivity index (χ4v) is 2.70. The quantitative estimate of drug-likeness (QED) is 0.865. The molecule has 0 aromatic heterocycles. The van der Waals surface area contributed by atoms with Crippen LogP contribution in [0.1, 0.15) is 40.5 Å². The minimum Gasteiger partial charge on any atom is -0.475 e. The van der Waals surface area contributed by atoms with E-state index in [1.54, 1.807) is 25.1 Å². The van der Waals surface area contributed by atoms with Gasteiger partial charge in [-0.05, 0) is 38.8 Å². The SMILES string of the molecule is CCC1(CC)Oc2cccc(N)c2N(C(C)C(C)=O)C1=O. The van der Waals surface area contributed by atoms with Gasteiger partial charge in [-0.1, -0.05) is 19.9 Å². The van der Waals surface area contributed by atoms with E-state index in [-0.39, 0.29) is 11.7 Å². The van der Waals surface area contributed by atoms with Gasteiger partial charge in [-0.25, -0.2) is 0 Å². The minimum absolute atomic E-state index is 0.0828. The van der Waals surface area contributed by atoms with Gasteiger partial charge in [0.15, 0.2) is 11.4 Å². The maximum absolute atomic E-state index is 13.0. The van der Waals surface area contributed by atoms with Crippen molar-refractivity contribution in [3.63, 3.8) is 0 Å². The highest BCUT2D eigenvalue weighted by Gasteiger charge is 2.48. The van der Waals surface area contributed by atoms with E-state index < -0.39 is 11.6 Å². The highest BCUT2D eigenvalue weighted by molar-refractivity contribution is 6.09. The van der Waals surface area contributed by atoms with Crippen LogP contribution in [-0.2, 0) is 9.59 Å². The van der Waals surface area contributed by atoms with Crippen molar-refractivity contribution in [3.8, 4) is 5.75 Å². The second-order valence-electron chi connectivity index (χ2n) is 5.46. The maximum Gasteiger partial charge on any atom is 0.271 e. The molecule has 0 saturated heterocycles. The molecule has 1 heterocycles. The molecule has 1 amide bonds. The normalized spacial score (nSPS) is 17.9. The average Bonchev–Trinajstić information content (AvgIpc) is 2.47. The molecule has 1 aromatic rings. The van der Waals surface area contributed by atoms with E-state index in [9.17, 15) is 9.59 Å². The van der Waals surface area contributed by atoms with Crippen LogP contribution in [0.3, 0.4) is 0 Å². The number of para-hydroxylation sites is 1. The van der Waals surface area contributed by atoms with Crippen molar-refractivity contribution >= 4 is 23.1 Å². The first-order valence-corrected chi connectivity index (χ1v) is 7.29. The molecular formula is C16H22N2O3. The van der Waals surface area contributed by atoms with E-state index in [0.717, 1.165) is 0 Å². The average molecular weight is 290 g/mol. The predicted molar refractivity (Wildman–Crippen MR) is 82.4 cm³/mol. The lowest BCUT2D eigenvalue weighted by Gasteiger charge is -2.44. The summed E-state index contributed by atoms with van der Waals surface area (Å²) in [7, 11) is 0. The van der Waals surface area contributed by atoms with Gasteiger partial charge in [-0.3, -0.25) is 14.5 Å². The van der Waals surface area contributed by atoms with Gasteiger partial charge in [0.2, 0.25) is 0 Å². The summed E-state index contributed by atoms with van der Waals surface area (Å²) < 4.78 is 5.99. The highest BCUT2D eigenvalue weighted by atomic mass is 16.5. The van der Waals surface area contributed by atoms with Gasteiger partial charge in [0, 0.05) is 0 Å². The first-order valence-electron chi connectivity index (χ1n) is 7.29. The number of carbonyl (C=O) groups is 2. The van der Waals surface area contributed by atoms with E-state index in [0.29, 0.717) is 30.0 Å². The van der Waals surface area contributed by atoms with Gasteiger partial charge in [-0.15, -0.1) is 0 Å². The van der Waals surface area contributed by atoms with Crippen molar-refractivity contribution in [3.05, 3.63) is 18.2 Å². The Kier molecular flexibility index (Phi) is 3.94. The molecule has 0 aliphatic carbocycles. The lowest BCUT2D eigenvalue weighted by atomic mass is 9.91. The second-order valence-corrected chi connectivity index (χ2v) is 5.46. The molecule has 5 nitrogen and oxygen atoms in total. The Morgan fingerprint density at radius 3 is 2.52 bits per heavy atom. The zero-order valence-electron chi connectivity index (χ0n) is 13.0. The molecule has 0 bridgehead atoms. The van der Waals surface area contributed by atoms with E-state index in [4.69, 9.17) is 10.5 Å². The van der Waals surface area contributed by atoms with Crippen LogP contribution >= 0.6 is 0 Å². The van der Waals surface area contributed by atoms with Crippen LogP contribution in [0.25, 0.3) is 0 Å². The summed E-state index contributed by atoms with van der Waals surface area (Å²) in [5, 5.41) is 0. The van der Waals surface area contributed by atoms with Gasteiger partial charge < -0.3 is 10.5 Å². The van der Waals surface area contributed by atoms with Crippen LogP contribution in [-0.4, -0.2) is 23.3 Å². The van der Waals surface area contributed by atoms with Gasteiger partial charge in [-0.2, -0.15) is 0 Å². The first kappa shape index (κ1) is 15.4. The van der Waals surface area contributed by atoms with Crippen molar-refractivity contribution < 1.29 is 14.3 Å². The largest absolute Gasteiger partial charge is 0.475 e. The van der Waals surface area contributed by atoms with E-state index in [2.05, 4.69) is 0 Å². The molecule has 21 heavy (non-hydrogen) atoms. The summed E-state index contributed by atoms with van der Waals surface area (Å²) in [4.78, 5) is 26.3. The number of anilines is 2. The Hall–Kier alpha value is -2.04. The number of fused-ring (bicyclic) bond motifs is 1. The zero-order valence-corrected chi connectivity index (χ0v) is 13.0. The number of hydrogen-bond donors (Lipinski definition) is 1. The molecule has 1 atom stereocenters. The van der Waals surface area contributed by atoms with Crippen LogP contribution in [0.5, 0.6) is 5.75 Å². The summed E-state index contributed by atoms with van der Waals surface area (Å²) >= 11 is 0. The van der Waals surface area contributed by atoms with Crippen molar-refractivity contribution in [2.24, 2.45) is 0 Å². The third-order valence-corrected chi connectivity index (χ3v) is 4.30. The minimum atomic E-state index is -0.926. The Morgan fingerprint density at radius 2 is 2.00 bits per heavy atom. The molecule has 1 aliphatic rings. The number of Topliss-reactive ketones (excluding diaryl/α,β-unsaturated/α-hetero) is 1. The number of hydrogen-bond acceptors (Lipinski definition) is 4. The topological polar surface area (TPSA) is 72.6 Å². The molecule has 1 aliphatic heterocycles. The summed E-state index contributed by atoms with van der Waals surface area (Å²) in [6.45, 7) is 7.02. The van der Waals surface area contributed by atoms with E-state index in [1.165, 1.54) is 11.8 Å². The van der Waals surface area contributed by atoms with E-state index in [1.807, 2.05) is 13.8 Å². The number of nitrogens with zero attached hydrogens (tertiary/aromatic N) is 1. The second kappa shape index (κ2) is 5.39. The predicted octanol–water partition coefficient (Wildman–Crippen LogP) is 2.53. The van der Waals surface area contributed by atoms with Gasteiger partial charge >= 0.3 is 0 Å². The van der Waals surface area contributed by atoms with Crippen LogP contribution in [0, 0.1) is 0 Å². The first-order chi connectivity index (χ1) is 9.88. The summed E-state index contributed by atoms with van der Waals surface area (Å²) in [6, 6.07) is 4.72. The summed E-state index contributed by atoms with van der Waals surface area (Å²) in [6.07, 6.45) is 1.08. The molecule has 2 rings (SSSR count). The number of ketones is 1. The number of nitrogen functional groups attached to an aromatic ring is 1. The Labute approximate surface area is 125 Å². The number of carbonyl (C=O) groups excluding carboxylic acids is 2. The highest BCUT2D eigenvalue weighted by Crippen LogP contribution is 2.44. The number of amides is 1. The molecule has 0 fully saturated rings. The standard InChI is InChI=1S/C16H22N2O3/c1-5-16(6-2)15(20)18(10(3)11(4)19)14-12(17)8-7-9-13(14)21-16/h7-10H,5-6,17H2,1-4H3. The zero-order chi connectivity index (χ0) is 15.8. The number of ether oxygens (including phenoxy) is 1. The van der Waals surface area contributed by atoms with Crippen LogP contribution in [0.2, 0.25) is 0 Å². The third kappa shape index (κ3) is 2.26. The lowest BCUT2D eigenvalue weighted by molar-refractivity contribution is -0.138. The molecule has 1 unspecified atom stereocenters. The van der Waals surface area contributed by atoms with Crippen molar-refractivity contribution in [2.45, 2.75) is 52.2 Å². The molecule has 2 N–H and O–H groups in total. The Bertz CT molecular complexity index is 579. The molecule has 5 heteroatoms. The summed E-state index contributed by atoms with van der Waals surface area (Å²) in [5.74, 6) is 0.285. The fraction of sp³-hybridized carbons (Fsp3) is 0.500. The maximum atomic E-state index is 13.0. The summed E-state index contributed by atoms with van der Waals surface area (Å²) in [5.41, 5.74) is 6.03. The van der Waals surface area contributed by atoms with Crippen LogP contribution in [0.15, 0.2) is 18.2 Å². The van der Waals surface area contributed by atoms with Crippen molar-refractivity contribution in [1.82, 2.24) is 0 Å². The van der Waals surface area contributed by atoms with Crippen LogP contribution < -0.4 is 15.4 Å². The van der Waals surface area contributed by atoms with Crippen molar-refractivity contribution in [2.75, 3.05) is 10.6 Å². The number of nitrogens with two attached hydrogens (primary N) is 1. The number of rotatable bonds is 4. The monoisotopic (exact) mass is 290 g/mol. The molecule has 0 saturated carbocycles. The molecular weight excluding hydrogens is 268 g/mol.